The van der Waals surface area contributed by atoms with Crippen LogP contribution in [0, 0.1) is 5.41 Å². The Balaban J connectivity index is 0.00000338. The third-order valence-corrected chi connectivity index (χ3v) is 3.60. The molecule has 0 aromatic heterocycles. The van der Waals surface area contributed by atoms with Crippen LogP contribution in [-0.2, 0) is 6.61 Å². The third-order valence-electron chi connectivity index (χ3n) is 3.60. The number of nitrogens with one attached hydrogen (secondary N) is 1. The van der Waals surface area contributed by atoms with Crippen LogP contribution in [0.15, 0.2) is 30.3 Å². The molecule has 0 saturated heterocycles. The monoisotopic (exact) mass is 382 g/mol. The van der Waals surface area contributed by atoms with Crippen molar-refractivity contribution in [3.8, 4) is 28.7 Å². The maximum Gasteiger partial charge on any atom is 0.203 e. The quantitative estimate of drug-likeness (QED) is 0.538. The first-order valence-corrected chi connectivity index (χ1v) is 7.48. The van der Waals surface area contributed by atoms with E-state index in [1.165, 1.54) is 7.11 Å². The largest absolute Gasteiger partial charge is 0.493 e. The van der Waals surface area contributed by atoms with Crippen molar-refractivity contribution in [1.82, 2.24) is 0 Å². The fourth-order valence-corrected chi connectivity index (χ4v) is 2.41. The van der Waals surface area contributed by atoms with Crippen LogP contribution in [0.25, 0.3) is 0 Å². The number of ether oxygens (including phenoxy) is 5. The van der Waals surface area contributed by atoms with Crippen LogP contribution in [-0.4, -0.2) is 34.3 Å². The molecule has 0 aliphatic carbocycles. The minimum absolute atomic E-state index is 0. The Morgan fingerprint density at radius 1 is 0.885 bits per heavy atom. The Morgan fingerprint density at radius 3 is 1.92 bits per heavy atom. The van der Waals surface area contributed by atoms with Crippen LogP contribution in [0.5, 0.6) is 28.7 Å². The Kier molecular flexibility index (Phi) is 7.86. The van der Waals surface area contributed by atoms with Gasteiger partial charge in [0.25, 0.3) is 0 Å². The van der Waals surface area contributed by atoms with E-state index in [4.69, 9.17) is 34.8 Å². The Bertz CT molecular complexity index is 742. The molecule has 0 saturated carbocycles. The molecule has 2 rings (SSSR count). The highest BCUT2D eigenvalue weighted by atomic mass is 35.5. The van der Waals surface area contributed by atoms with Gasteiger partial charge < -0.3 is 29.4 Å². The molecule has 2 aromatic carbocycles. The van der Waals surface area contributed by atoms with E-state index in [1.807, 2.05) is 0 Å². The lowest BCUT2D eigenvalue weighted by Crippen LogP contribution is -2.13. The summed E-state index contributed by atoms with van der Waals surface area (Å²) in [5, 5.41) is 7.70. The van der Waals surface area contributed by atoms with E-state index >= 15 is 0 Å². The zero-order chi connectivity index (χ0) is 18.4. The average molecular weight is 383 g/mol. The summed E-state index contributed by atoms with van der Waals surface area (Å²) in [5.74, 6) is 2.39. The Labute approximate surface area is 158 Å². The molecule has 0 heterocycles. The van der Waals surface area contributed by atoms with E-state index in [1.54, 1.807) is 51.7 Å². The topological polar surface area (TPSA) is 96.0 Å². The van der Waals surface area contributed by atoms with Gasteiger partial charge in [0.05, 0.1) is 34.0 Å². The smallest absolute Gasteiger partial charge is 0.203 e. The molecule has 0 bridgehead atoms. The summed E-state index contributed by atoms with van der Waals surface area (Å²) < 4.78 is 27.2. The minimum Gasteiger partial charge on any atom is -0.493 e. The summed E-state index contributed by atoms with van der Waals surface area (Å²) in [6, 6.07) is 8.79. The molecule has 0 atom stereocenters. The fraction of sp³-hybridized carbons (Fsp3) is 0.278. The van der Waals surface area contributed by atoms with Gasteiger partial charge in [-0.1, -0.05) is 6.07 Å². The van der Waals surface area contributed by atoms with E-state index in [0.717, 1.165) is 5.56 Å². The molecule has 0 radical (unpaired) electrons. The number of methoxy groups -OCH3 is 4. The number of halogens is 1. The van der Waals surface area contributed by atoms with E-state index < -0.39 is 0 Å². The first kappa shape index (κ1) is 21.2. The van der Waals surface area contributed by atoms with Crippen molar-refractivity contribution in [1.29, 1.82) is 5.41 Å². The number of hydrogen-bond acceptors (Lipinski definition) is 6. The van der Waals surface area contributed by atoms with Crippen LogP contribution in [0.4, 0.5) is 0 Å². The first-order chi connectivity index (χ1) is 12.0. The second-order valence-corrected chi connectivity index (χ2v) is 5.07. The van der Waals surface area contributed by atoms with Gasteiger partial charge in [0, 0.05) is 0 Å². The number of para-hydroxylation sites is 1. The van der Waals surface area contributed by atoms with Gasteiger partial charge in [-0.3, -0.25) is 5.41 Å². The molecule has 0 amide bonds. The van der Waals surface area contributed by atoms with Crippen molar-refractivity contribution in [2.24, 2.45) is 5.73 Å². The van der Waals surface area contributed by atoms with Gasteiger partial charge in [0.2, 0.25) is 5.75 Å². The van der Waals surface area contributed by atoms with Crippen LogP contribution in [0.2, 0.25) is 0 Å². The van der Waals surface area contributed by atoms with E-state index in [0.29, 0.717) is 34.3 Å². The molecular formula is C18H23ClN2O5. The van der Waals surface area contributed by atoms with Gasteiger partial charge in [0.15, 0.2) is 23.0 Å². The summed E-state index contributed by atoms with van der Waals surface area (Å²) in [7, 11) is 6.18. The van der Waals surface area contributed by atoms with Gasteiger partial charge in [0.1, 0.15) is 12.4 Å². The van der Waals surface area contributed by atoms with Gasteiger partial charge in [-0.05, 0) is 29.8 Å². The molecule has 0 aliphatic rings. The normalized spacial score (nSPS) is 9.69. The molecule has 0 aliphatic heterocycles. The number of nitrogens with two attached hydrogens (primary N) is 1. The number of rotatable bonds is 8. The molecule has 2 aromatic rings. The molecule has 142 valence electrons. The van der Waals surface area contributed by atoms with Gasteiger partial charge >= 0.3 is 0 Å². The van der Waals surface area contributed by atoms with Gasteiger partial charge in [-0.2, -0.15) is 0 Å². The highest BCUT2D eigenvalue weighted by molar-refractivity contribution is 5.98. The van der Waals surface area contributed by atoms with Crippen LogP contribution in [0.1, 0.15) is 11.1 Å². The maximum absolute atomic E-state index is 7.70. The first-order valence-electron chi connectivity index (χ1n) is 7.48. The highest BCUT2D eigenvalue weighted by Crippen LogP contribution is 2.39. The summed E-state index contributed by atoms with van der Waals surface area (Å²) >= 11 is 0. The fourth-order valence-electron chi connectivity index (χ4n) is 2.41. The van der Waals surface area contributed by atoms with Crippen molar-refractivity contribution in [3.05, 3.63) is 41.5 Å². The number of nitrogen functional groups attached to an aromatic ring is 1. The lowest BCUT2D eigenvalue weighted by Gasteiger charge is -2.16. The predicted molar refractivity (Wildman–Crippen MR) is 102 cm³/mol. The molecule has 0 unspecified atom stereocenters. The Morgan fingerprint density at radius 2 is 1.46 bits per heavy atom. The van der Waals surface area contributed by atoms with Crippen LogP contribution >= 0.6 is 12.4 Å². The zero-order valence-corrected chi connectivity index (χ0v) is 15.9. The molecule has 26 heavy (non-hydrogen) atoms. The molecule has 7 nitrogen and oxygen atoms in total. The molecule has 0 spiro atoms. The predicted octanol–water partition coefficient (Wildman–Crippen LogP) is 3.01. The zero-order valence-electron chi connectivity index (χ0n) is 15.1. The lowest BCUT2D eigenvalue weighted by atomic mass is 10.1. The second kappa shape index (κ2) is 9.62. The standard InChI is InChI=1S/C18H22N2O5.ClH/c1-21-13-7-5-6-12(18(19)20)16(13)25-10-11-8-14(22-2)17(24-4)15(9-11)23-3;/h5-9H,10H2,1-4H3,(H3,19,20);1H. The third kappa shape index (κ3) is 4.43. The van der Waals surface area contributed by atoms with E-state index in [9.17, 15) is 0 Å². The van der Waals surface area contributed by atoms with Crippen LogP contribution < -0.4 is 29.4 Å². The number of benzene rings is 2. The summed E-state index contributed by atoms with van der Waals surface area (Å²) in [4.78, 5) is 0. The molecule has 0 fully saturated rings. The lowest BCUT2D eigenvalue weighted by molar-refractivity contribution is 0.280. The molecule has 8 heteroatoms. The summed E-state index contributed by atoms with van der Waals surface area (Å²) in [5.41, 5.74) is 6.89. The molecule has 3 N–H and O–H groups in total. The van der Waals surface area contributed by atoms with E-state index in [-0.39, 0.29) is 24.8 Å². The van der Waals surface area contributed by atoms with E-state index in [2.05, 4.69) is 0 Å². The van der Waals surface area contributed by atoms with Crippen molar-refractivity contribution in [3.63, 3.8) is 0 Å². The average Bonchev–Trinajstić information content (AvgIpc) is 2.64. The second-order valence-electron chi connectivity index (χ2n) is 5.07. The van der Waals surface area contributed by atoms with Gasteiger partial charge in [-0.15, -0.1) is 12.4 Å². The number of amidine groups is 1. The SMILES string of the molecule is COc1cc(COc2c(OC)cccc2C(=N)N)cc(OC)c1OC.Cl. The van der Waals surface area contributed by atoms with Crippen molar-refractivity contribution in [2.75, 3.05) is 28.4 Å². The molecular weight excluding hydrogens is 360 g/mol. The van der Waals surface area contributed by atoms with Crippen molar-refractivity contribution >= 4 is 18.2 Å². The number of hydrogen-bond donors (Lipinski definition) is 2. The maximum atomic E-state index is 7.70. The summed E-state index contributed by atoms with van der Waals surface area (Å²) in [6.45, 7) is 0.206. The summed E-state index contributed by atoms with van der Waals surface area (Å²) in [6.07, 6.45) is 0. The van der Waals surface area contributed by atoms with Gasteiger partial charge in [-0.25, -0.2) is 0 Å². The van der Waals surface area contributed by atoms with Crippen molar-refractivity contribution < 1.29 is 23.7 Å². The minimum atomic E-state index is -0.0983. The Hall–Kier alpha value is -2.80. The highest BCUT2D eigenvalue weighted by Gasteiger charge is 2.16. The van der Waals surface area contributed by atoms with Crippen molar-refractivity contribution in [2.45, 2.75) is 6.61 Å². The van der Waals surface area contributed by atoms with Crippen LogP contribution in [0.3, 0.4) is 0 Å².